The van der Waals surface area contributed by atoms with E-state index in [4.69, 9.17) is 27.9 Å². The van der Waals surface area contributed by atoms with Crippen LogP contribution in [0.5, 0.6) is 0 Å². The summed E-state index contributed by atoms with van der Waals surface area (Å²) in [5.74, 6) is 0.590. The van der Waals surface area contributed by atoms with Gasteiger partial charge in [-0.05, 0) is 30.3 Å². The predicted molar refractivity (Wildman–Crippen MR) is 91.7 cm³/mol. The molecule has 1 fully saturated rings. The number of carbonyl (C=O) groups is 1. The standard InChI is InChI=1S/C16H15Cl2N3O2/c17-12-7-11(8-13(18)9-12)16(22)20-14-1-2-15(19-10-14)21-3-5-23-6-4-21/h1-2,7-10H,3-6H2,(H,20,22). The van der Waals surface area contributed by atoms with Crippen molar-refractivity contribution in [1.82, 2.24) is 4.98 Å². The number of carbonyl (C=O) groups excluding carboxylic acids is 1. The molecule has 5 nitrogen and oxygen atoms in total. The average Bonchev–Trinajstić information content (AvgIpc) is 2.55. The lowest BCUT2D eigenvalue weighted by atomic mass is 10.2. The lowest BCUT2D eigenvalue weighted by molar-refractivity contribution is 0.102. The third-order valence-electron chi connectivity index (χ3n) is 3.47. The summed E-state index contributed by atoms with van der Waals surface area (Å²) in [5, 5.41) is 3.62. The van der Waals surface area contributed by atoms with Crippen molar-refractivity contribution in [3.63, 3.8) is 0 Å². The summed E-state index contributed by atoms with van der Waals surface area (Å²) < 4.78 is 5.32. The predicted octanol–water partition coefficient (Wildman–Crippen LogP) is 3.48. The molecule has 0 unspecified atom stereocenters. The number of rotatable bonds is 3. The fourth-order valence-electron chi connectivity index (χ4n) is 2.33. The first-order valence-electron chi connectivity index (χ1n) is 7.18. The highest BCUT2D eigenvalue weighted by Gasteiger charge is 2.13. The fourth-order valence-corrected chi connectivity index (χ4v) is 2.85. The van der Waals surface area contributed by atoms with Gasteiger partial charge in [-0.2, -0.15) is 0 Å². The maximum Gasteiger partial charge on any atom is 0.255 e. The molecule has 23 heavy (non-hydrogen) atoms. The third kappa shape index (κ3) is 4.13. The second kappa shape index (κ2) is 7.17. The molecule has 0 radical (unpaired) electrons. The van der Waals surface area contributed by atoms with Crippen LogP contribution < -0.4 is 10.2 Å². The Labute approximate surface area is 144 Å². The van der Waals surface area contributed by atoms with Crippen molar-refractivity contribution in [2.75, 3.05) is 36.5 Å². The van der Waals surface area contributed by atoms with Gasteiger partial charge >= 0.3 is 0 Å². The largest absolute Gasteiger partial charge is 0.378 e. The number of amides is 1. The van der Waals surface area contributed by atoms with Gasteiger partial charge in [0.2, 0.25) is 0 Å². The molecule has 1 N–H and O–H groups in total. The Morgan fingerprint density at radius 3 is 2.43 bits per heavy atom. The second-order valence-corrected chi connectivity index (χ2v) is 5.99. The molecule has 3 rings (SSSR count). The van der Waals surface area contributed by atoms with Gasteiger partial charge in [0.05, 0.1) is 25.1 Å². The molecule has 120 valence electrons. The van der Waals surface area contributed by atoms with Crippen LogP contribution >= 0.6 is 23.2 Å². The van der Waals surface area contributed by atoms with Crippen molar-refractivity contribution in [2.24, 2.45) is 0 Å². The lowest BCUT2D eigenvalue weighted by Gasteiger charge is -2.27. The van der Waals surface area contributed by atoms with Gasteiger partial charge in [-0.25, -0.2) is 4.98 Å². The second-order valence-electron chi connectivity index (χ2n) is 5.12. The average molecular weight is 352 g/mol. The molecule has 1 aromatic carbocycles. The van der Waals surface area contributed by atoms with E-state index >= 15 is 0 Å². The molecule has 2 aromatic rings. The summed E-state index contributed by atoms with van der Waals surface area (Å²) in [4.78, 5) is 18.8. The Balaban J connectivity index is 1.68. The number of anilines is 2. The van der Waals surface area contributed by atoms with Crippen LogP contribution in [0.1, 0.15) is 10.4 Å². The highest BCUT2D eigenvalue weighted by molar-refractivity contribution is 6.35. The quantitative estimate of drug-likeness (QED) is 0.919. The minimum atomic E-state index is -0.282. The molecule has 1 aliphatic rings. The van der Waals surface area contributed by atoms with Crippen molar-refractivity contribution >= 4 is 40.6 Å². The van der Waals surface area contributed by atoms with Crippen molar-refractivity contribution in [3.05, 3.63) is 52.1 Å². The minimum Gasteiger partial charge on any atom is -0.378 e. The summed E-state index contributed by atoms with van der Waals surface area (Å²) in [6.45, 7) is 3.05. The zero-order chi connectivity index (χ0) is 16.2. The van der Waals surface area contributed by atoms with Gasteiger partial charge in [-0.15, -0.1) is 0 Å². The highest BCUT2D eigenvalue weighted by atomic mass is 35.5. The van der Waals surface area contributed by atoms with Crippen molar-refractivity contribution in [1.29, 1.82) is 0 Å². The van der Waals surface area contributed by atoms with E-state index in [-0.39, 0.29) is 5.91 Å². The van der Waals surface area contributed by atoms with Crippen LogP contribution in [0.3, 0.4) is 0 Å². The van der Waals surface area contributed by atoms with Crippen LogP contribution in [0.15, 0.2) is 36.5 Å². The maximum absolute atomic E-state index is 12.2. The maximum atomic E-state index is 12.2. The fraction of sp³-hybridized carbons (Fsp3) is 0.250. The van der Waals surface area contributed by atoms with Gasteiger partial charge in [0.25, 0.3) is 5.91 Å². The van der Waals surface area contributed by atoms with E-state index in [9.17, 15) is 4.79 Å². The number of hydrogen-bond acceptors (Lipinski definition) is 4. The molecular formula is C16H15Cl2N3O2. The SMILES string of the molecule is O=C(Nc1ccc(N2CCOCC2)nc1)c1cc(Cl)cc(Cl)c1. The Morgan fingerprint density at radius 2 is 1.83 bits per heavy atom. The number of ether oxygens (including phenoxy) is 1. The van der Waals surface area contributed by atoms with Crippen LogP contribution in [0, 0.1) is 0 Å². The first-order valence-corrected chi connectivity index (χ1v) is 7.93. The molecule has 1 aromatic heterocycles. The van der Waals surface area contributed by atoms with E-state index in [1.165, 1.54) is 0 Å². The third-order valence-corrected chi connectivity index (χ3v) is 3.90. The van der Waals surface area contributed by atoms with Gasteiger partial charge in [0.15, 0.2) is 0 Å². The summed E-state index contributed by atoms with van der Waals surface area (Å²) in [7, 11) is 0. The number of benzene rings is 1. The number of aromatic nitrogens is 1. The van der Waals surface area contributed by atoms with E-state index in [0.29, 0.717) is 34.5 Å². The van der Waals surface area contributed by atoms with Crippen molar-refractivity contribution < 1.29 is 9.53 Å². The normalized spacial score (nSPS) is 14.6. The number of halogens is 2. The zero-order valence-electron chi connectivity index (χ0n) is 12.3. The van der Waals surface area contributed by atoms with Crippen LogP contribution in [0.4, 0.5) is 11.5 Å². The van der Waals surface area contributed by atoms with Crippen molar-refractivity contribution in [2.45, 2.75) is 0 Å². The number of nitrogens with one attached hydrogen (secondary N) is 1. The molecule has 0 bridgehead atoms. The Hall–Kier alpha value is -1.82. The summed E-state index contributed by atoms with van der Waals surface area (Å²) in [6, 6.07) is 8.42. The Bertz CT molecular complexity index is 681. The molecule has 0 atom stereocenters. The van der Waals surface area contributed by atoms with E-state index in [2.05, 4.69) is 15.2 Å². The molecule has 1 amide bonds. The molecule has 2 heterocycles. The topological polar surface area (TPSA) is 54.5 Å². The summed E-state index contributed by atoms with van der Waals surface area (Å²) >= 11 is 11.8. The van der Waals surface area contributed by atoms with Gasteiger partial charge < -0.3 is 15.0 Å². The van der Waals surface area contributed by atoms with Crippen LogP contribution in [-0.4, -0.2) is 37.2 Å². The number of hydrogen-bond donors (Lipinski definition) is 1. The molecule has 7 heteroatoms. The highest BCUT2D eigenvalue weighted by Crippen LogP contribution is 2.21. The van der Waals surface area contributed by atoms with E-state index in [1.54, 1.807) is 24.4 Å². The molecular weight excluding hydrogens is 337 g/mol. The smallest absolute Gasteiger partial charge is 0.255 e. The van der Waals surface area contributed by atoms with Crippen LogP contribution in [-0.2, 0) is 4.74 Å². The van der Waals surface area contributed by atoms with Gasteiger partial charge in [0, 0.05) is 28.7 Å². The minimum absolute atomic E-state index is 0.282. The van der Waals surface area contributed by atoms with Crippen LogP contribution in [0.2, 0.25) is 10.0 Å². The van der Waals surface area contributed by atoms with E-state index < -0.39 is 0 Å². The van der Waals surface area contributed by atoms with E-state index in [0.717, 1.165) is 18.9 Å². The van der Waals surface area contributed by atoms with Gasteiger partial charge in [0.1, 0.15) is 5.82 Å². The van der Waals surface area contributed by atoms with Crippen LogP contribution in [0.25, 0.3) is 0 Å². The Kier molecular flexibility index (Phi) is 5.00. The zero-order valence-corrected chi connectivity index (χ0v) is 13.8. The summed E-state index contributed by atoms with van der Waals surface area (Å²) in [5.41, 5.74) is 1.02. The first kappa shape index (κ1) is 16.1. The van der Waals surface area contributed by atoms with Crippen molar-refractivity contribution in [3.8, 4) is 0 Å². The Morgan fingerprint density at radius 1 is 1.13 bits per heavy atom. The monoisotopic (exact) mass is 351 g/mol. The molecule has 0 aliphatic carbocycles. The number of nitrogens with zero attached hydrogens (tertiary/aromatic N) is 2. The van der Waals surface area contributed by atoms with Gasteiger partial charge in [-0.3, -0.25) is 4.79 Å². The summed E-state index contributed by atoms with van der Waals surface area (Å²) in [6.07, 6.45) is 1.63. The first-order chi connectivity index (χ1) is 11.1. The lowest BCUT2D eigenvalue weighted by Crippen LogP contribution is -2.36. The number of pyridine rings is 1. The molecule has 1 saturated heterocycles. The van der Waals surface area contributed by atoms with Gasteiger partial charge in [-0.1, -0.05) is 23.2 Å². The molecule has 0 saturated carbocycles. The molecule has 0 spiro atoms. The van der Waals surface area contributed by atoms with E-state index in [1.807, 2.05) is 12.1 Å². The number of morpholine rings is 1. The molecule has 1 aliphatic heterocycles.